The van der Waals surface area contributed by atoms with Crippen LogP contribution in [0.15, 0.2) is 41.5 Å². The molecule has 4 nitrogen and oxygen atoms in total. The second-order valence-electron chi connectivity index (χ2n) is 4.43. The molecule has 0 unspecified atom stereocenters. The minimum absolute atomic E-state index is 0.207. The molecule has 2 N–H and O–H groups in total. The highest BCUT2D eigenvalue weighted by molar-refractivity contribution is 14.1. The van der Waals surface area contributed by atoms with Crippen LogP contribution in [0.1, 0.15) is 11.1 Å². The van der Waals surface area contributed by atoms with E-state index in [4.69, 9.17) is 11.6 Å². The van der Waals surface area contributed by atoms with E-state index in [0.29, 0.717) is 5.02 Å². The predicted molar refractivity (Wildman–Crippen MR) is 104 cm³/mol. The first-order valence-corrected chi connectivity index (χ1v) is 8.73. The van der Waals surface area contributed by atoms with Crippen molar-refractivity contribution in [3.05, 3.63) is 59.7 Å². The van der Waals surface area contributed by atoms with Crippen molar-refractivity contribution in [2.75, 3.05) is 0 Å². The maximum atomic E-state index is 11.8. The number of carbonyl (C=O) groups is 1. The smallest absolute Gasteiger partial charge is 0.244 e. The van der Waals surface area contributed by atoms with Gasteiger partial charge in [-0.1, -0.05) is 23.7 Å². The zero-order chi connectivity index (χ0) is 16.1. The molecule has 0 aliphatic carbocycles. The Labute approximate surface area is 160 Å². The minimum Gasteiger partial charge on any atom is -0.506 e. The fourth-order valence-corrected chi connectivity index (χ4v) is 3.61. The third-order valence-corrected chi connectivity index (χ3v) is 4.62. The average molecular weight is 541 g/mol. The van der Waals surface area contributed by atoms with Crippen LogP contribution in [0.2, 0.25) is 5.02 Å². The molecule has 2 rings (SSSR count). The molecule has 0 aromatic heterocycles. The molecular weight excluding hydrogens is 529 g/mol. The summed E-state index contributed by atoms with van der Waals surface area (Å²) in [7, 11) is 0. The van der Waals surface area contributed by atoms with Crippen LogP contribution >= 0.6 is 56.8 Å². The van der Waals surface area contributed by atoms with E-state index >= 15 is 0 Å². The Morgan fingerprint density at radius 1 is 1.23 bits per heavy atom. The number of hydrogen-bond acceptors (Lipinski definition) is 3. The molecule has 0 heterocycles. The molecule has 0 radical (unpaired) electrons. The van der Waals surface area contributed by atoms with Crippen LogP contribution in [-0.4, -0.2) is 17.2 Å². The summed E-state index contributed by atoms with van der Waals surface area (Å²) in [5.74, 6) is 0.0480. The lowest BCUT2D eigenvalue weighted by atomic mass is 10.1. The SMILES string of the molecule is O=C(Cc1ccc(Cl)cc1)N/N=C\c1cc(I)c(O)c(I)c1. The standard InChI is InChI=1S/C15H11ClI2N2O2/c16-11-3-1-9(2-4-11)7-14(21)20-19-8-10-5-12(17)15(22)13(18)6-10/h1-6,8,22H,7H2,(H,20,21)/b19-8-. The van der Waals surface area contributed by atoms with Gasteiger partial charge in [-0.15, -0.1) is 0 Å². The quantitative estimate of drug-likeness (QED) is 0.351. The van der Waals surface area contributed by atoms with Crippen LogP contribution in [0.3, 0.4) is 0 Å². The number of carbonyl (C=O) groups excluding carboxylic acids is 1. The number of hydrazone groups is 1. The van der Waals surface area contributed by atoms with Gasteiger partial charge in [-0.25, -0.2) is 5.43 Å². The van der Waals surface area contributed by atoms with Gasteiger partial charge in [0.05, 0.1) is 19.8 Å². The summed E-state index contributed by atoms with van der Waals surface area (Å²) in [6, 6.07) is 10.7. The molecule has 1 amide bonds. The summed E-state index contributed by atoms with van der Waals surface area (Å²) in [6.45, 7) is 0. The normalized spacial score (nSPS) is 10.9. The van der Waals surface area contributed by atoms with Gasteiger partial charge in [0.1, 0.15) is 5.75 Å². The van der Waals surface area contributed by atoms with Gasteiger partial charge in [-0.05, 0) is 80.6 Å². The maximum absolute atomic E-state index is 11.8. The molecule has 0 aliphatic heterocycles. The van der Waals surface area contributed by atoms with Crippen molar-refractivity contribution in [3.63, 3.8) is 0 Å². The zero-order valence-corrected chi connectivity index (χ0v) is 16.3. The van der Waals surface area contributed by atoms with Crippen LogP contribution < -0.4 is 5.43 Å². The topological polar surface area (TPSA) is 61.7 Å². The van der Waals surface area contributed by atoms with Crippen LogP contribution in [0.25, 0.3) is 0 Å². The Balaban J connectivity index is 1.94. The summed E-state index contributed by atoms with van der Waals surface area (Å²) >= 11 is 9.88. The van der Waals surface area contributed by atoms with E-state index in [9.17, 15) is 9.90 Å². The molecule has 0 bridgehead atoms. The monoisotopic (exact) mass is 540 g/mol. The number of phenols is 1. The molecule has 0 saturated carbocycles. The van der Waals surface area contributed by atoms with Gasteiger partial charge in [0.2, 0.25) is 5.91 Å². The van der Waals surface area contributed by atoms with Gasteiger partial charge in [0, 0.05) is 5.02 Å². The molecule has 0 spiro atoms. The zero-order valence-electron chi connectivity index (χ0n) is 11.2. The highest BCUT2D eigenvalue weighted by Gasteiger charge is 2.05. The van der Waals surface area contributed by atoms with Gasteiger partial charge in [-0.3, -0.25) is 4.79 Å². The largest absolute Gasteiger partial charge is 0.506 e. The van der Waals surface area contributed by atoms with Crippen molar-refractivity contribution in [1.29, 1.82) is 0 Å². The van der Waals surface area contributed by atoms with E-state index in [2.05, 4.69) is 10.5 Å². The Morgan fingerprint density at radius 2 is 1.82 bits per heavy atom. The molecule has 2 aromatic rings. The minimum atomic E-state index is -0.207. The third-order valence-electron chi connectivity index (χ3n) is 2.72. The second kappa shape index (κ2) is 8.11. The number of rotatable bonds is 4. The second-order valence-corrected chi connectivity index (χ2v) is 7.19. The molecule has 7 heteroatoms. The molecule has 0 fully saturated rings. The first-order chi connectivity index (χ1) is 10.5. The van der Waals surface area contributed by atoms with Gasteiger partial charge in [0.25, 0.3) is 0 Å². The summed E-state index contributed by atoms with van der Waals surface area (Å²) < 4.78 is 1.47. The number of nitrogens with zero attached hydrogens (tertiary/aromatic N) is 1. The Hall–Kier alpha value is -0.870. The Bertz CT molecular complexity index is 695. The van der Waals surface area contributed by atoms with E-state index in [1.165, 1.54) is 0 Å². The lowest BCUT2D eigenvalue weighted by molar-refractivity contribution is -0.120. The summed E-state index contributed by atoms with van der Waals surface area (Å²) in [5, 5.41) is 14.3. The fraction of sp³-hybridized carbons (Fsp3) is 0.0667. The van der Waals surface area contributed by atoms with Crippen molar-refractivity contribution in [3.8, 4) is 5.75 Å². The summed E-state index contributed by atoms with van der Waals surface area (Å²) in [6.07, 6.45) is 1.78. The molecule has 0 saturated heterocycles. The number of phenolic OH excluding ortho intramolecular Hbond substituents is 1. The van der Waals surface area contributed by atoms with Crippen molar-refractivity contribution in [2.45, 2.75) is 6.42 Å². The number of aromatic hydroxyl groups is 1. The third kappa shape index (κ3) is 5.10. The molecule has 22 heavy (non-hydrogen) atoms. The number of amides is 1. The number of hydrogen-bond donors (Lipinski definition) is 2. The molecule has 2 aromatic carbocycles. The van der Waals surface area contributed by atoms with Crippen LogP contribution in [-0.2, 0) is 11.2 Å². The van der Waals surface area contributed by atoms with Crippen LogP contribution in [0.4, 0.5) is 0 Å². The van der Waals surface area contributed by atoms with Crippen molar-refractivity contribution < 1.29 is 9.90 Å². The van der Waals surface area contributed by atoms with E-state index in [-0.39, 0.29) is 18.1 Å². The summed E-state index contributed by atoms with van der Waals surface area (Å²) in [5.41, 5.74) is 4.15. The summed E-state index contributed by atoms with van der Waals surface area (Å²) in [4.78, 5) is 11.8. The van der Waals surface area contributed by atoms with Gasteiger partial charge in [-0.2, -0.15) is 5.10 Å². The van der Waals surface area contributed by atoms with Gasteiger partial charge < -0.3 is 5.11 Å². The molecular formula is C15H11ClI2N2O2. The lowest BCUT2D eigenvalue weighted by Crippen LogP contribution is -2.19. The number of halogens is 3. The molecule has 114 valence electrons. The number of benzene rings is 2. The fourth-order valence-electron chi connectivity index (χ4n) is 1.67. The molecule has 0 atom stereocenters. The van der Waals surface area contributed by atoms with E-state index in [1.807, 2.05) is 45.2 Å². The Kier molecular flexibility index (Phi) is 6.45. The van der Waals surface area contributed by atoms with Crippen LogP contribution in [0.5, 0.6) is 5.75 Å². The van der Waals surface area contributed by atoms with Crippen LogP contribution in [0, 0.1) is 7.14 Å². The highest BCUT2D eigenvalue weighted by Crippen LogP contribution is 2.26. The number of nitrogens with one attached hydrogen (secondary N) is 1. The van der Waals surface area contributed by atoms with Crippen molar-refractivity contribution in [1.82, 2.24) is 5.43 Å². The van der Waals surface area contributed by atoms with E-state index in [0.717, 1.165) is 18.3 Å². The maximum Gasteiger partial charge on any atom is 0.244 e. The Morgan fingerprint density at radius 3 is 2.41 bits per heavy atom. The average Bonchev–Trinajstić information content (AvgIpc) is 2.47. The molecule has 0 aliphatic rings. The van der Waals surface area contributed by atoms with E-state index in [1.54, 1.807) is 42.6 Å². The van der Waals surface area contributed by atoms with E-state index < -0.39 is 0 Å². The van der Waals surface area contributed by atoms with Gasteiger partial charge in [0.15, 0.2) is 0 Å². The predicted octanol–water partition coefficient (Wildman–Crippen LogP) is 3.95. The van der Waals surface area contributed by atoms with Crippen molar-refractivity contribution in [2.24, 2.45) is 5.10 Å². The first-order valence-electron chi connectivity index (χ1n) is 6.20. The lowest BCUT2D eigenvalue weighted by Gasteiger charge is -2.03. The first kappa shape index (κ1) is 17.5. The highest BCUT2D eigenvalue weighted by atomic mass is 127. The van der Waals surface area contributed by atoms with Crippen molar-refractivity contribution >= 4 is 68.9 Å². The van der Waals surface area contributed by atoms with Gasteiger partial charge >= 0.3 is 0 Å².